The smallest absolute Gasteiger partial charge is 0.283 e. The Morgan fingerprint density at radius 3 is 2.81 bits per heavy atom. The Balaban J connectivity index is 2.42. The lowest BCUT2D eigenvalue weighted by atomic mass is 10.3. The standard InChI is InChI=1S/C15H26BrN3O2/c1-4-5-9-19-15(20)14(16)13(11-18-19)17-8-6-7-10-21-12(2)3/h11-12,17H,4-10H2,1-3H3. The summed E-state index contributed by atoms with van der Waals surface area (Å²) < 4.78 is 7.56. The number of hydrogen-bond acceptors (Lipinski definition) is 4. The van der Waals surface area contributed by atoms with Crippen molar-refractivity contribution < 1.29 is 4.74 Å². The van der Waals surface area contributed by atoms with Crippen LogP contribution in [0.2, 0.25) is 0 Å². The summed E-state index contributed by atoms with van der Waals surface area (Å²) in [6.07, 6.45) is 6.01. The minimum atomic E-state index is -0.0726. The van der Waals surface area contributed by atoms with Gasteiger partial charge in [-0.1, -0.05) is 13.3 Å². The molecule has 120 valence electrons. The van der Waals surface area contributed by atoms with E-state index in [1.165, 1.54) is 4.68 Å². The fourth-order valence-electron chi connectivity index (χ4n) is 1.82. The van der Waals surface area contributed by atoms with Crippen LogP contribution in [0.3, 0.4) is 0 Å². The van der Waals surface area contributed by atoms with Gasteiger partial charge in [0.1, 0.15) is 4.47 Å². The van der Waals surface area contributed by atoms with E-state index in [1.807, 2.05) is 13.8 Å². The zero-order valence-corrected chi connectivity index (χ0v) is 14.8. The van der Waals surface area contributed by atoms with Crippen LogP contribution in [0.4, 0.5) is 5.69 Å². The summed E-state index contributed by atoms with van der Waals surface area (Å²) >= 11 is 3.36. The van der Waals surface area contributed by atoms with Crippen molar-refractivity contribution in [3.8, 4) is 0 Å². The van der Waals surface area contributed by atoms with E-state index < -0.39 is 0 Å². The first-order valence-electron chi connectivity index (χ1n) is 7.67. The second-order valence-corrected chi connectivity index (χ2v) is 6.10. The highest BCUT2D eigenvalue weighted by molar-refractivity contribution is 9.10. The van der Waals surface area contributed by atoms with Crippen molar-refractivity contribution in [1.82, 2.24) is 9.78 Å². The van der Waals surface area contributed by atoms with Gasteiger partial charge in [0, 0.05) is 19.7 Å². The maximum atomic E-state index is 12.1. The lowest BCUT2D eigenvalue weighted by Crippen LogP contribution is -2.24. The molecule has 1 rings (SSSR count). The van der Waals surface area contributed by atoms with Gasteiger partial charge in [0.2, 0.25) is 0 Å². The number of anilines is 1. The Kier molecular flexibility index (Phi) is 8.61. The summed E-state index contributed by atoms with van der Waals surface area (Å²) in [5.41, 5.74) is 0.689. The largest absolute Gasteiger partial charge is 0.383 e. The lowest BCUT2D eigenvalue weighted by Gasteiger charge is -2.11. The van der Waals surface area contributed by atoms with E-state index in [0.29, 0.717) is 11.0 Å². The summed E-state index contributed by atoms with van der Waals surface area (Å²) in [5.74, 6) is 0. The van der Waals surface area contributed by atoms with E-state index in [2.05, 4.69) is 33.3 Å². The van der Waals surface area contributed by atoms with Gasteiger partial charge in [-0.3, -0.25) is 4.79 Å². The zero-order valence-electron chi connectivity index (χ0n) is 13.2. The number of aryl methyl sites for hydroxylation is 1. The van der Waals surface area contributed by atoms with Gasteiger partial charge >= 0.3 is 0 Å². The molecule has 0 aromatic carbocycles. The first kappa shape index (κ1) is 18.2. The molecule has 0 aliphatic carbocycles. The van der Waals surface area contributed by atoms with Gasteiger partial charge in [-0.2, -0.15) is 5.10 Å². The van der Waals surface area contributed by atoms with Gasteiger partial charge in [0.05, 0.1) is 18.0 Å². The summed E-state index contributed by atoms with van der Waals surface area (Å²) in [6.45, 7) is 8.42. The number of halogens is 1. The van der Waals surface area contributed by atoms with Crippen molar-refractivity contribution in [3.05, 3.63) is 21.0 Å². The highest BCUT2D eigenvalue weighted by atomic mass is 79.9. The first-order valence-corrected chi connectivity index (χ1v) is 8.46. The van der Waals surface area contributed by atoms with Gasteiger partial charge < -0.3 is 10.1 Å². The Hall–Kier alpha value is -0.880. The molecule has 0 aliphatic heterocycles. The molecule has 0 spiro atoms. The zero-order chi connectivity index (χ0) is 15.7. The van der Waals surface area contributed by atoms with Crippen molar-refractivity contribution >= 4 is 21.6 Å². The highest BCUT2D eigenvalue weighted by Crippen LogP contribution is 2.16. The number of ether oxygens (including phenoxy) is 1. The van der Waals surface area contributed by atoms with Crippen molar-refractivity contribution in [1.29, 1.82) is 0 Å². The molecule has 0 saturated heterocycles. The van der Waals surface area contributed by atoms with Crippen LogP contribution in [0.15, 0.2) is 15.5 Å². The summed E-state index contributed by atoms with van der Waals surface area (Å²) in [7, 11) is 0. The Labute approximate surface area is 135 Å². The SMILES string of the molecule is CCCCn1ncc(NCCCCOC(C)C)c(Br)c1=O. The fourth-order valence-corrected chi connectivity index (χ4v) is 2.27. The van der Waals surface area contributed by atoms with Gasteiger partial charge in [-0.15, -0.1) is 0 Å². The van der Waals surface area contributed by atoms with Crippen molar-refractivity contribution in [2.24, 2.45) is 0 Å². The summed E-state index contributed by atoms with van der Waals surface area (Å²) in [6, 6.07) is 0. The lowest BCUT2D eigenvalue weighted by molar-refractivity contribution is 0.0765. The molecule has 0 saturated carbocycles. The highest BCUT2D eigenvalue weighted by Gasteiger charge is 2.08. The van der Waals surface area contributed by atoms with Gasteiger partial charge in [0.15, 0.2) is 0 Å². The summed E-state index contributed by atoms with van der Waals surface area (Å²) in [4.78, 5) is 12.1. The van der Waals surface area contributed by atoms with Crippen LogP contribution in [0.1, 0.15) is 46.5 Å². The Morgan fingerprint density at radius 2 is 2.14 bits per heavy atom. The topological polar surface area (TPSA) is 56.1 Å². The van der Waals surface area contributed by atoms with Gasteiger partial charge in [-0.25, -0.2) is 4.68 Å². The molecular formula is C15H26BrN3O2. The molecule has 21 heavy (non-hydrogen) atoms. The van der Waals surface area contributed by atoms with Crippen LogP contribution >= 0.6 is 15.9 Å². The molecule has 1 aromatic rings. The first-order chi connectivity index (χ1) is 10.1. The second-order valence-electron chi connectivity index (χ2n) is 5.31. The number of nitrogens with zero attached hydrogens (tertiary/aromatic N) is 2. The van der Waals surface area contributed by atoms with Gasteiger partial charge in [-0.05, 0) is 49.0 Å². The van der Waals surface area contributed by atoms with E-state index in [9.17, 15) is 4.79 Å². The quantitative estimate of drug-likeness (QED) is 0.650. The molecule has 6 heteroatoms. The van der Waals surface area contributed by atoms with Crippen LogP contribution < -0.4 is 10.9 Å². The van der Waals surface area contributed by atoms with Crippen molar-refractivity contribution in [3.63, 3.8) is 0 Å². The number of hydrogen-bond donors (Lipinski definition) is 1. The molecule has 0 atom stereocenters. The Morgan fingerprint density at radius 1 is 1.38 bits per heavy atom. The maximum Gasteiger partial charge on any atom is 0.283 e. The average Bonchev–Trinajstić information content (AvgIpc) is 2.45. The minimum absolute atomic E-state index is 0.0726. The number of unbranched alkanes of at least 4 members (excludes halogenated alkanes) is 2. The molecule has 0 radical (unpaired) electrons. The second kappa shape index (κ2) is 9.95. The fraction of sp³-hybridized carbons (Fsp3) is 0.733. The average molecular weight is 360 g/mol. The normalized spacial score (nSPS) is 11.1. The number of aromatic nitrogens is 2. The molecule has 5 nitrogen and oxygen atoms in total. The van der Waals surface area contributed by atoms with E-state index >= 15 is 0 Å². The van der Waals surface area contributed by atoms with Gasteiger partial charge in [0.25, 0.3) is 5.56 Å². The van der Waals surface area contributed by atoms with E-state index in [1.54, 1.807) is 6.20 Å². The molecule has 0 bridgehead atoms. The minimum Gasteiger partial charge on any atom is -0.383 e. The van der Waals surface area contributed by atoms with Crippen LogP contribution in [0.5, 0.6) is 0 Å². The maximum absolute atomic E-state index is 12.1. The molecule has 0 aliphatic rings. The molecule has 1 aromatic heterocycles. The molecule has 0 amide bonds. The predicted molar refractivity (Wildman–Crippen MR) is 89.9 cm³/mol. The van der Waals surface area contributed by atoms with Crippen LogP contribution in [0, 0.1) is 0 Å². The molecule has 0 fully saturated rings. The van der Waals surface area contributed by atoms with Crippen LogP contribution in [-0.2, 0) is 11.3 Å². The third-order valence-electron chi connectivity index (χ3n) is 3.05. The van der Waals surface area contributed by atoms with E-state index in [0.717, 1.165) is 44.5 Å². The van der Waals surface area contributed by atoms with Crippen LogP contribution in [0.25, 0.3) is 0 Å². The third kappa shape index (κ3) is 6.61. The third-order valence-corrected chi connectivity index (χ3v) is 3.81. The monoisotopic (exact) mass is 359 g/mol. The van der Waals surface area contributed by atoms with E-state index in [4.69, 9.17) is 4.74 Å². The van der Waals surface area contributed by atoms with Crippen molar-refractivity contribution in [2.75, 3.05) is 18.5 Å². The number of nitrogens with one attached hydrogen (secondary N) is 1. The molecule has 1 heterocycles. The van der Waals surface area contributed by atoms with E-state index in [-0.39, 0.29) is 11.7 Å². The molecule has 0 unspecified atom stereocenters. The van der Waals surface area contributed by atoms with Crippen LogP contribution in [-0.4, -0.2) is 29.0 Å². The van der Waals surface area contributed by atoms with Crippen molar-refractivity contribution in [2.45, 2.75) is 59.1 Å². The number of rotatable bonds is 10. The Bertz CT molecular complexity index is 474. The molecule has 1 N–H and O–H groups in total. The predicted octanol–water partition coefficient (Wildman–Crippen LogP) is 3.42. The summed E-state index contributed by atoms with van der Waals surface area (Å²) in [5, 5.41) is 7.45. The molecular weight excluding hydrogens is 334 g/mol.